The minimum atomic E-state index is -0.219. The van der Waals surface area contributed by atoms with Crippen molar-refractivity contribution in [3.63, 3.8) is 0 Å². The molecule has 0 radical (unpaired) electrons. The van der Waals surface area contributed by atoms with Gasteiger partial charge in [-0.1, -0.05) is 82.3 Å². The zero-order valence-corrected chi connectivity index (χ0v) is 22.9. The minimum absolute atomic E-state index is 0.186. The first-order valence-electron chi connectivity index (χ1n) is 13.9. The van der Waals surface area contributed by atoms with Gasteiger partial charge in [-0.25, -0.2) is 0 Å². The highest BCUT2D eigenvalue weighted by Gasteiger charge is 2.49. The van der Waals surface area contributed by atoms with E-state index in [1.807, 2.05) is 0 Å². The molecule has 5 rings (SSSR count). The van der Waals surface area contributed by atoms with Crippen LogP contribution in [-0.4, -0.2) is 0 Å². The van der Waals surface area contributed by atoms with Gasteiger partial charge in [-0.15, -0.1) is 0 Å². The van der Waals surface area contributed by atoms with Crippen LogP contribution < -0.4 is 4.90 Å². The van der Waals surface area contributed by atoms with Gasteiger partial charge < -0.3 is 9.64 Å². The second-order valence-electron chi connectivity index (χ2n) is 10.3. The number of ether oxygens (including phenoxy) is 1. The molecule has 0 amide bonds. The van der Waals surface area contributed by atoms with Crippen molar-refractivity contribution >= 4 is 17.1 Å². The highest BCUT2D eigenvalue weighted by atomic mass is 16.5. The van der Waals surface area contributed by atoms with Crippen molar-refractivity contribution in [3.05, 3.63) is 114 Å². The van der Waals surface area contributed by atoms with Gasteiger partial charge in [0.25, 0.3) is 0 Å². The number of fused-ring (bicyclic) bond motifs is 1. The summed E-state index contributed by atoms with van der Waals surface area (Å²) in [5.74, 6) is 0. The van der Waals surface area contributed by atoms with E-state index in [-0.39, 0.29) is 11.2 Å². The Morgan fingerprint density at radius 2 is 1.11 bits per heavy atom. The normalized spacial score (nSPS) is 15.4. The predicted octanol–water partition coefficient (Wildman–Crippen LogP) is 10.2. The van der Waals surface area contributed by atoms with E-state index in [1.54, 1.807) is 0 Å². The molecule has 0 bridgehead atoms. The summed E-state index contributed by atoms with van der Waals surface area (Å²) in [7, 11) is 0. The lowest BCUT2D eigenvalue weighted by atomic mass is 9.81. The number of hydrogen-bond donors (Lipinski definition) is 0. The molecule has 1 aliphatic rings. The first-order chi connectivity index (χ1) is 18.0. The zero-order valence-electron chi connectivity index (χ0n) is 22.9. The van der Waals surface area contributed by atoms with Crippen LogP contribution >= 0.6 is 0 Å². The zero-order chi connectivity index (χ0) is 26.0. The third kappa shape index (κ3) is 4.28. The summed E-state index contributed by atoms with van der Waals surface area (Å²) in [5, 5.41) is 0. The summed E-state index contributed by atoms with van der Waals surface area (Å²) in [6.07, 6.45) is 3.96. The van der Waals surface area contributed by atoms with Gasteiger partial charge >= 0.3 is 0 Å². The highest BCUT2D eigenvalue weighted by molar-refractivity contribution is 5.81. The first-order valence-corrected chi connectivity index (χ1v) is 13.9. The van der Waals surface area contributed by atoms with Crippen LogP contribution in [0.1, 0.15) is 70.1 Å². The number of hydrogen-bond acceptors (Lipinski definition) is 2. The lowest BCUT2D eigenvalue weighted by molar-refractivity contribution is -0.151. The fourth-order valence-corrected chi connectivity index (χ4v) is 6.18. The van der Waals surface area contributed by atoms with Crippen molar-refractivity contribution in [1.82, 2.24) is 0 Å². The predicted molar refractivity (Wildman–Crippen MR) is 157 cm³/mol. The Labute approximate surface area is 222 Å². The second kappa shape index (κ2) is 10.2. The molecule has 0 N–H and O–H groups in total. The van der Waals surface area contributed by atoms with E-state index < -0.39 is 0 Å². The largest absolute Gasteiger partial charge is 0.359 e. The first kappa shape index (κ1) is 25.3. The summed E-state index contributed by atoms with van der Waals surface area (Å²) in [6, 6.07) is 35.2. The van der Waals surface area contributed by atoms with Crippen LogP contribution in [0, 0.1) is 6.92 Å². The quantitative estimate of drug-likeness (QED) is 0.244. The van der Waals surface area contributed by atoms with Gasteiger partial charge in [-0.2, -0.15) is 0 Å². The molecule has 0 saturated carbocycles. The van der Waals surface area contributed by atoms with Gasteiger partial charge in [0.1, 0.15) is 0 Å². The number of para-hydroxylation sites is 2. The van der Waals surface area contributed by atoms with Gasteiger partial charge in [0, 0.05) is 17.1 Å². The lowest BCUT2D eigenvalue weighted by Crippen LogP contribution is -2.31. The van der Waals surface area contributed by atoms with Crippen molar-refractivity contribution in [3.8, 4) is 11.1 Å². The Balaban J connectivity index is 1.66. The van der Waals surface area contributed by atoms with Gasteiger partial charge in [0.2, 0.25) is 0 Å². The minimum Gasteiger partial charge on any atom is -0.359 e. The Bertz CT molecular complexity index is 1310. The summed E-state index contributed by atoms with van der Waals surface area (Å²) in [4.78, 5) is 2.33. The summed E-state index contributed by atoms with van der Waals surface area (Å²) in [5.41, 5.74) is 9.62. The highest BCUT2D eigenvalue weighted by Crippen LogP contribution is 2.54. The summed E-state index contributed by atoms with van der Waals surface area (Å²) < 4.78 is 6.99. The molecule has 0 spiro atoms. The van der Waals surface area contributed by atoms with E-state index in [2.05, 4.69) is 137 Å². The molecule has 0 atom stereocenters. The molecule has 2 nitrogen and oxygen atoms in total. The molecular weight excluding hydrogens is 450 g/mol. The van der Waals surface area contributed by atoms with Gasteiger partial charge in [-0.05, 0) is 103 Å². The number of rotatable bonds is 8. The van der Waals surface area contributed by atoms with Crippen molar-refractivity contribution < 1.29 is 4.74 Å². The molecule has 0 unspecified atom stereocenters. The smallest absolute Gasteiger partial charge is 0.0942 e. The van der Waals surface area contributed by atoms with Crippen molar-refractivity contribution in [2.45, 2.75) is 71.5 Å². The van der Waals surface area contributed by atoms with E-state index in [1.165, 1.54) is 27.8 Å². The van der Waals surface area contributed by atoms with Crippen LogP contribution in [0.25, 0.3) is 11.1 Å². The van der Waals surface area contributed by atoms with E-state index in [0.29, 0.717) is 0 Å². The van der Waals surface area contributed by atoms with E-state index in [9.17, 15) is 0 Å². The summed E-state index contributed by atoms with van der Waals surface area (Å²) in [6.45, 7) is 11.3. The van der Waals surface area contributed by atoms with Gasteiger partial charge in [0.15, 0.2) is 0 Å². The monoisotopic (exact) mass is 489 g/mol. The fourth-order valence-electron chi connectivity index (χ4n) is 6.18. The lowest BCUT2D eigenvalue weighted by Gasteiger charge is -2.34. The van der Waals surface area contributed by atoms with Crippen LogP contribution in [-0.2, 0) is 15.9 Å². The van der Waals surface area contributed by atoms with Gasteiger partial charge in [-0.3, -0.25) is 0 Å². The van der Waals surface area contributed by atoms with Crippen molar-refractivity contribution in [1.29, 1.82) is 0 Å². The molecule has 0 saturated heterocycles. The maximum Gasteiger partial charge on any atom is 0.0942 e. The van der Waals surface area contributed by atoms with Crippen LogP contribution in [0.3, 0.4) is 0 Å². The molecule has 1 heterocycles. The van der Waals surface area contributed by atoms with Crippen LogP contribution in [0.5, 0.6) is 0 Å². The molecule has 0 fully saturated rings. The maximum atomic E-state index is 6.99. The third-order valence-electron chi connectivity index (χ3n) is 8.50. The Morgan fingerprint density at radius 1 is 0.568 bits per heavy atom. The average Bonchev–Trinajstić information content (AvgIpc) is 3.25. The summed E-state index contributed by atoms with van der Waals surface area (Å²) >= 11 is 0. The maximum absolute atomic E-state index is 6.99. The SMILES string of the molecule is CCC1(CC)OC(CC)(CC)c2cc(-c3cc(N(c4ccccc4)c4ccccc4)ccc3C)ccc21. The number of nitrogens with zero attached hydrogens (tertiary/aromatic N) is 1. The molecular formula is C35H39NO. The average molecular weight is 490 g/mol. The topological polar surface area (TPSA) is 12.5 Å². The Kier molecular flexibility index (Phi) is 6.96. The molecule has 1 aliphatic heterocycles. The molecule has 190 valence electrons. The Morgan fingerprint density at radius 3 is 1.65 bits per heavy atom. The molecule has 0 aromatic heterocycles. The molecule has 37 heavy (non-hydrogen) atoms. The Hall–Kier alpha value is -3.36. The molecule has 0 aliphatic carbocycles. The number of benzene rings is 4. The van der Waals surface area contributed by atoms with Gasteiger partial charge in [0.05, 0.1) is 11.2 Å². The van der Waals surface area contributed by atoms with Crippen molar-refractivity contribution in [2.75, 3.05) is 4.90 Å². The fraction of sp³-hybridized carbons (Fsp3) is 0.314. The number of aryl methyl sites for hydroxylation is 1. The standard InChI is InChI=1S/C35H39NO/c1-6-34(7-2)32-23-21-27(24-33(32)35(8-3,9-4)37-34)31-25-30(22-20-26(31)5)36(28-16-12-10-13-17-28)29-18-14-11-15-19-29/h10-25H,6-9H2,1-5H3. The van der Waals surface area contributed by atoms with E-state index >= 15 is 0 Å². The van der Waals surface area contributed by atoms with Crippen LogP contribution in [0.4, 0.5) is 17.1 Å². The van der Waals surface area contributed by atoms with Crippen LogP contribution in [0.15, 0.2) is 97.1 Å². The van der Waals surface area contributed by atoms with Crippen LogP contribution in [0.2, 0.25) is 0 Å². The third-order valence-corrected chi connectivity index (χ3v) is 8.50. The van der Waals surface area contributed by atoms with Crippen molar-refractivity contribution in [2.24, 2.45) is 0 Å². The number of anilines is 3. The second-order valence-corrected chi connectivity index (χ2v) is 10.3. The van der Waals surface area contributed by atoms with E-state index in [0.717, 1.165) is 42.7 Å². The molecule has 2 heteroatoms. The van der Waals surface area contributed by atoms with E-state index in [4.69, 9.17) is 4.74 Å². The molecule has 4 aromatic rings. The molecule has 4 aromatic carbocycles.